The van der Waals surface area contributed by atoms with E-state index in [0.717, 1.165) is 70.4 Å². The van der Waals surface area contributed by atoms with Crippen molar-refractivity contribution in [2.45, 2.75) is 38.1 Å². The Morgan fingerprint density at radius 2 is 1.06 bits per heavy atom. The fourth-order valence-corrected chi connectivity index (χ4v) is 6.65. The molecule has 2 amide bonds. The molecule has 2 saturated carbocycles. The van der Waals surface area contributed by atoms with Gasteiger partial charge < -0.3 is 9.80 Å². The average molecular weight is 472 g/mol. The molecule has 5 aliphatic rings. The second kappa shape index (κ2) is 9.77. The van der Waals surface area contributed by atoms with Crippen molar-refractivity contribution in [1.82, 2.24) is 14.7 Å². The van der Waals surface area contributed by atoms with E-state index in [4.69, 9.17) is 0 Å². The highest BCUT2D eigenvalue weighted by atomic mass is 16.2. The molecule has 0 radical (unpaired) electrons. The topological polar surface area (TPSA) is 43.9 Å². The highest BCUT2D eigenvalue weighted by Crippen LogP contribution is 2.44. The van der Waals surface area contributed by atoms with Crippen LogP contribution in [0.15, 0.2) is 60.7 Å². The van der Waals surface area contributed by atoms with Crippen molar-refractivity contribution in [2.75, 3.05) is 39.3 Å². The first-order valence-electron chi connectivity index (χ1n) is 13.6. The van der Waals surface area contributed by atoms with Crippen LogP contribution in [0.5, 0.6) is 0 Å². The molecule has 5 fully saturated rings. The van der Waals surface area contributed by atoms with Crippen LogP contribution in [0.4, 0.5) is 0 Å². The van der Waals surface area contributed by atoms with E-state index in [-0.39, 0.29) is 29.7 Å². The van der Waals surface area contributed by atoms with Crippen LogP contribution in [0.1, 0.15) is 49.3 Å². The van der Waals surface area contributed by atoms with Gasteiger partial charge >= 0.3 is 0 Å². The Balaban J connectivity index is 1.06. The summed E-state index contributed by atoms with van der Waals surface area (Å²) in [5, 5.41) is 0. The van der Waals surface area contributed by atoms with Gasteiger partial charge in [-0.05, 0) is 55.1 Å². The third kappa shape index (κ3) is 4.75. The quantitative estimate of drug-likeness (QED) is 0.656. The van der Waals surface area contributed by atoms with Crippen LogP contribution < -0.4 is 0 Å². The molecule has 35 heavy (non-hydrogen) atoms. The summed E-state index contributed by atoms with van der Waals surface area (Å²) in [5.74, 6) is 1.95. The van der Waals surface area contributed by atoms with Gasteiger partial charge in [-0.3, -0.25) is 14.5 Å². The Hall–Kier alpha value is -2.66. The largest absolute Gasteiger partial charge is 0.342 e. The van der Waals surface area contributed by atoms with E-state index >= 15 is 0 Å². The fraction of sp³-hybridized carbons (Fsp3) is 0.533. The number of amides is 2. The Morgan fingerprint density at radius 3 is 1.54 bits per heavy atom. The normalized spacial score (nSPS) is 28.7. The third-order valence-electron chi connectivity index (χ3n) is 8.91. The summed E-state index contributed by atoms with van der Waals surface area (Å²) in [6.07, 6.45) is 5.79. The van der Waals surface area contributed by atoms with Gasteiger partial charge in [-0.2, -0.15) is 0 Å². The first-order valence-corrected chi connectivity index (χ1v) is 13.6. The molecule has 2 aromatic rings. The van der Waals surface area contributed by atoms with Gasteiger partial charge in [0.25, 0.3) is 0 Å². The predicted molar refractivity (Wildman–Crippen MR) is 137 cm³/mol. The zero-order chi connectivity index (χ0) is 23.8. The lowest BCUT2D eigenvalue weighted by molar-refractivity contribution is -0.139. The van der Waals surface area contributed by atoms with Crippen molar-refractivity contribution in [3.05, 3.63) is 71.8 Å². The summed E-state index contributed by atoms with van der Waals surface area (Å²) in [6, 6.07) is 21.5. The zero-order valence-corrected chi connectivity index (χ0v) is 20.6. The molecular formula is C30H37N3O2. The third-order valence-corrected chi connectivity index (χ3v) is 8.91. The smallest absolute Gasteiger partial charge is 0.226 e. The molecule has 5 heteroatoms. The van der Waals surface area contributed by atoms with E-state index in [9.17, 15) is 9.59 Å². The number of hydrogen-bond donors (Lipinski definition) is 0. The van der Waals surface area contributed by atoms with Gasteiger partial charge in [0.2, 0.25) is 11.8 Å². The molecular weight excluding hydrogens is 434 g/mol. The molecule has 2 bridgehead atoms. The Morgan fingerprint density at radius 1 is 0.600 bits per heavy atom. The van der Waals surface area contributed by atoms with E-state index in [1.807, 2.05) is 4.90 Å². The van der Waals surface area contributed by atoms with Crippen molar-refractivity contribution in [3.8, 4) is 0 Å². The molecule has 0 aromatic heterocycles. The Kier molecular flexibility index (Phi) is 6.36. The number of carbonyl (C=O) groups excluding carboxylic acids is 2. The maximum absolute atomic E-state index is 13.3. The van der Waals surface area contributed by atoms with E-state index in [2.05, 4.69) is 70.5 Å². The summed E-state index contributed by atoms with van der Waals surface area (Å²) >= 11 is 0. The van der Waals surface area contributed by atoms with Crippen LogP contribution in [-0.2, 0) is 9.59 Å². The van der Waals surface area contributed by atoms with Gasteiger partial charge in [0.05, 0.1) is 17.9 Å². The molecule has 2 unspecified atom stereocenters. The summed E-state index contributed by atoms with van der Waals surface area (Å²) in [5.41, 5.74) is 2.58. The Labute approximate surface area is 209 Å². The van der Waals surface area contributed by atoms with Crippen molar-refractivity contribution < 1.29 is 9.59 Å². The summed E-state index contributed by atoms with van der Waals surface area (Å²) in [7, 11) is 0. The Bertz CT molecular complexity index is 977. The lowest BCUT2D eigenvalue weighted by Gasteiger charge is -2.41. The van der Waals surface area contributed by atoms with Gasteiger partial charge in [-0.25, -0.2) is 0 Å². The van der Waals surface area contributed by atoms with Crippen LogP contribution >= 0.6 is 0 Å². The highest BCUT2D eigenvalue weighted by molar-refractivity contribution is 5.92. The first kappa shape index (κ1) is 22.8. The molecule has 3 heterocycles. The average Bonchev–Trinajstić information content (AvgIpc) is 3.65. The SMILES string of the molecule is O=C(C1CC1C(=O)N1CCN(C(c2ccccc2)c2ccccc2)CC1)N1CCC2CC(CC1)C2. The zero-order valence-electron chi connectivity index (χ0n) is 20.6. The number of carbonyl (C=O) groups is 2. The number of piperazine rings is 1. The van der Waals surface area contributed by atoms with Gasteiger partial charge in [0.1, 0.15) is 0 Å². The van der Waals surface area contributed by atoms with Crippen LogP contribution in [-0.4, -0.2) is 65.8 Å². The maximum atomic E-state index is 13.3. The highest BCUT2D eigenvalue weighted by Gasteiger charge is 2.51. The van der Waals surface area contributed by atoms with Crippen LogP contribution in [0.25, 0.3) is 0 Å². The van der Waals surface area contributed by atoms with Crippen molar-refractivity contribution >= 4 is 11.8 Å². The van der Waals surface area contributed by atoms with E-state index < -0.39 is 0 Å². The number of benzene rings is 2. The van der Waals surface area contributed by atoms with Crippen molar-refractivity contribution in [1.29, 1.82) is 0 Å². The van der Waals surface area contributed by atoms with Gasteiger partial charge in [0, 0.05) is 39.3 Å². The monoisotopic (exact) mass is 471 g/mol. The maximum Gasteiger partial charge on any atom is 0.226 e. The van der Waals surface area contributed by atoms with Crippen molar-refractivity contribution in [3.63, 3.8) is 0 Å². The standard InChI is InChI=1S/C30H37N3O2/c34-29(32-13-11-22-19-23(20-22)12-14-32)26-21-27(26)30(35)33-17-15-31(16-18-33)28(24-7-3-1-4-8-24)25-9-5-2-6-10-25/h1-10,22-23,26-28H,11-21H2. The summed E-state index contributed by atoms with van der Waals surface area (Å²) < 4.78 is 0. The second-order valence-corrected chi connectivity index (χ2v) is 11.1. The molecule has 7 rings (SSSR count). The van der Waals surface area contributed by atoms with Crippen LogP contribution in [0, 0.1) is 23.7 Å². The molecule has 2 atom stereocenters. The molecule has 2 aliphatic carbocycles. The van der Waals surface area contributed by atoms with E-state index in [1.54, 1.807) is 0 Å². The van der Waals surface area contributed by atoms with E-state index in [1.165, 1.54) is 24.0 Å². The lowest BCUT2D eigenvalue weighted by atomic mass is 9.70. The first-order chi connectivity index (χ1) is 17.2. The van der Waals surface area contributed by atoms with Gasteiger partial charge in [-0.15, -0.1) is 0 Å². The minimum absolute atomic E-state index is 0.0716. The van der Waals surface area contributed by atoms with Gasteiger partial charge in [0.15, 0.2) is 0 Å². The molecule has 3 aliphatic heterocycles. The van der Waals surface area contributed by atoms with Crippen LogP contribution in [0.2, 0.25) is 0 Å². The second-order valence-electron chi connectivity index (χ2n) is 11.1. The molecule has 0 N–H and O–H groups in total. The number of nitrogens with zero attached hydrogens (tertiary/aromatic N) is 3. The number of hydrogen-bond acceptors (Lipinski definition) is 3. The lowest BCUT2D eigenvalue weighted by Crippen LogP contribution is -2.50. The molecule has 0 spiro atoms. The predicted octanol–water partition coefficient (Wildman–Crippen LogP) is 4.20. The van der Waals surface area contributed by atoms with Crippen LogP contribution in [0.3, 0.4) is 0 Å². The summed E-state index contributed by atoms with van der Waals surface area (Å²) in [6.45, 7) is 4.96. The van der Waals surface area contributed by atoms with Gasteiger partial charge in [-0.1, -0.05) is 60.7 Å². The molecule has 184 valence electrons. The number of fused-ring (bicyclic) bond motifs is 4. The minimum Gasteiger partial charge on any atom is -0.342 e. The fourth-order valence-electron chi connectivity index (χ4n) is 6.65. The molecule has 5 nitrogen and oxygen atoms in total. The van der Waals surface area contributed by atoms with E-state index in [0.29, 0.717) is 0 Å². The number of rotatable bonds is 5. The minimum atomic E-state index is -0.0898. The molecule has 3 saturated heterocycles. The molecule has 2 aromatic carbocycles. The summed E-state index contributed by atoms with van der Waals surface area (Å²) in [4.78, 5) is 33.0. The van der Waals surface area contributed by atoms with Crippen molar-refractivity contribution in [2.24, 2.45) is 23.7 Å².